The minimum absolute atomic E-state index is 0.0251. The van der Waals surface area contributed by atoms with Crippen LogP contribution in [0.15, 0.2) is 70.7 Å². The smallest absolute Gasteiger partial charge is 0.261 e. The van der Waals surface area contributed by atoms with Crippen LogP contribution in [0.4, 0.5) is 18.9 Å². The number of methoxy groups -OCH3 is 1. The Morgan fingerprint density at radius 1 is 1.10 bits per heavy atom. The van der Waals surface area contributed by atoms with E-state index >= 15 is 0 Å². The third-order valence-electron chi connectivity index (χ3n) is 10.8. The molecule has 4 aromatic rings. The summed E-state index contributed by atoms with van der Waals surface area (Å²) in [6.07, 6.45) is 1.87. The van der Waals surface area contributed by atoms with E-state index in [9.17, 15) is 18.0 Å². The SMILES string of the molecule is CC.CC[C@@H](N=C(Nc1ccc2c(=O)n(CCc3ccc(OC)cc3F)c(-c3cccnc3)nc2c1)N1CCN[C@@H](C(F)F)C1)C1[C@@H](C)C(C)[C@@H]1C. The lowest BCUT2D eigenvalue weighted by atomic mass is 9.56. The van der Waals surface area contributed by atoms with Gasteiger partial charge in [-0.3, -0.25) is 14.3 Å². The van der Waals surface area contributed by atoms with Gasteiger partial charge in [0.15, 0.2) is 5.96 Å². The zero-order valence-electron chi connectivity index (χ0n) is 31.2. The number of rotatable bonds is 10. The van der Waals surface area contributed by atoms with Gasteiger partial charge < -0.3 is 20.3 Å². The van der Waals surface area contributed by atoms with E-state index in [4.69, 9.17) is 14.7 Å². The van der Waals surface area contributed by atoms with Gasteiger partial charge in [0, 0.05) is 55.9 Å². The molecule has 2 N–H and O–H groups in total. The third-order valence-corrected chi connectivity index (χ3v) is 10.8. The Morgan fingerprint density at radius 2 is 1.87 bits per heavy atom. The predicted molar refractivity (Wildman–Crippen MR) is 203 cm³/mol. The molecule has 1 aliphatic carbocycles. The van der Waals surface area contributed by atoms with Crippen LogP contribution in [0.2, 0.25) is 0 Å². The second-order valence-electron chi connectivity index (χ2n) is 13.6. The maximum absolute atomic E-state index is 14.8. The lowest BCUT2D eigenvalue weighted by Crippen LogP contribution is -2.57. The quantitative estimate of drug-likeness (QED) is 0.130. The molecular weight excluding hydrogens is 667 g/mol. The van der Waals surface area contributed by atoms with E-state index < -0.39 is 18.3 Å². The van der Waals surface area contributed by atoms with E-state index in [1.807, 2.05) is 24.8 Å². The number of hydrogen-bond donors (Lipinski definition) is 2. The maximum Gasteiger partial charge on any atom is 0.261 e. The van der Waals surface area contributed by atoms with Crippen molar-refractivity contribution in [3.63, 3.8) is 0 Å². The van der Waals surface area contributed by atoms with E-state index in [-0.39, 0.29) is 31.1 Å². The molecule has 4 atom stereocenters. The fraction of sp³-hybridized carbons (Fsp3) is 0.500. The summed E-state index contributed by atoms with van der Waals surface area (Å²) in [5.74, 6) is 2.98. The first-order chi connectivity index (χ1) is 25.1. The maximum atomic E-state index is 14.8. The number of anilines is 1. The number of benzene rings is 2. The number of aryl methyl sites for hydroxylation is 1. The molecule has 2 fully saturated rings. The van der Waals surface area contributed by atoms with E-state index in [0.29, 0.717) is 82.0 Å². The van der Waals surface area contributed by atoms with Crippen LogP contribution in [-0.4, -0.2) is 70.6 Å². The van der Waals surface area contributed by atoms with Gasteiger partial charge in [-0.15, -0.1) is 0 Å². The molecule has 1 aliphatic heterocycles. The van der Waals surface area contributed by atoms with Crippen molar-refractivity contribution in [1.29, 1.82) is 0 Å². The Balaban J connectivity index is 0.00000257. The number of hydrogen-bond acceptors (Lipinski definition) is 6. The molecule has 0 spiro atoms. The average Bonchev–Trinajstić information content (AvgIpc) is 3.18. The number of ether oxygens (including phenoxy) is 1. The third kappa shape index (κ3) is 8.27. The van der Waals surface area contributed by atoms with Crippen LogP contribution in [0.25, 0.3) is 22.3 Å². The lowest BCUT2D eigenvalue weighted by Gasteiger charge is -2.50. The highest BCUT2D eigenvalue weighted by Gasteiger charge is 2.46. The van der Waals surface area contributed by atoms with Crippen molar-refractivity contribution in [2.24, 2.45) is 28.7 Å². The molecule has 52 heavy (non-hydrogen) atoms. The van der Waals surface area contributed by atoms with Crippen molar-refractivity contribution >= 4 is 22.5 Å². The highest BCUT2D eigenvalue weighted by Crippen LogP contribution is 2.48. The fourth-order valence-electron chi connectivity index (χ4n) is 7.59. The van der Waals surface area contributed by atoms with Crippen LogP contribution in [0.1, 0.15) is 53.5 Å². The molecule has 0 radical (unpaired) electrons. The monoisotopic (exact) mass is 719 g/mol. The molecule has 2 aromatic heterocycles. The minimum Gasteiger partial charge on any atom is -0.497 e. The van der Waals surface area contributed by atoms with Crippen LogP contribution in [0.5, 0.6) is 5.75 Å². The summed E-state index contributed by atoms with van der Waals surface area (Å²) < 4.78 is 49.2. The number of pyridine rings is 1. The van der Waals surface area contributed by atoms with Gasteiger partial charge in [0.05, 0.1) is 30.1 Å². The molecule has 3 heterocycles. The van der Waals surface area contributed by atoms with E-state index in [1.165, 1.54) is 13.2 Å². The van der Waals surface area contributed by atoms with Crippen molar-refractivity contribution in [3.8, 4) is 17.1 Å². The number of fused-ring (bicyclic) bond motifs is 1. The van der Waals surface area contributed by atoms with Gasteiger partial charge in [0.2, 0.25) is 0 Å². The number of nitrogens with one attached hydrogen (secondary N) is 2. The Morgan fingerprint density at radius 3 is 2.52 bits per heavy atom. The molecule has 280 valence electrons. The predicted octanol–water partition coefficient (Wildman–Crippen LogP) is 7.50. The van der Waals surface area contributed by atoms with Crippen molar-refractivity contribution in [3.05, 3.63) is 82.7 Å². The summed E-state index contributed by atoms with van der Waals surface area (Å²) in [4.78, 5) is 30.4. The van der Waals surface area contributed by atoms with Gasteiger partial charge in [-0.05, 0) is 78.5 Å². The molecule has 0 amide bonds. The number of guanidine groups is 1. The topological polar surface area (TPSA) is 96.7 Å². The molecule has 0 unspecified atom stereocenters. The summed E-state index contributed by atoms with van der Waals surface area (Å²) >= 11 is 0. The van der Waals surface area contributed by atoms with Gasteiger partial charge in [0.1, 0.15) is 17.4 Å². The van der Waals surface area contributed by atoms with E-state index in [1.54, 1.807) is 53.4 Å². The molecule has 6 rings (SSSR count). The van der Waals surface area contributed by atoms with Crippen molar-refractivity contribution in [2.45, 2.75) is 79.4 Å². The van der Waals surface area contributed by atoms with Crippen LogP contribution in [0.3, 0.4) is 0 Å². The second-order valence-corrected chi connectivity index (χ2v) is 13.6. The van der Waals surface area contributed by atoms with E-state index in [2.05, 4.69) is 43.3 Å². The first-order valence-corrected chi connectivity index (χ1v) is 18.5. The first kappa shape index (κ1) is 38.8. The van der Waals surface area contributed by atoms with Gasteiger partial charge in [-0.1, -0.05) is 47.6 Å². The van der Waals surface area contributed by atoms with Gasteiger partial charge in [0.25, 0.3) is 12.0 Å². The van der Waals surface area contributed by atoms with Crippen LogP contribution in [0, 0.1) is 29.5 Å². The first-order valence-electron chi connectivity index (χ1n) is 18.5. The van der Waals surface area contributed by atoms with Crippen molar-refractivity contribution < 1.29 is 17.9 Å². The van der Waals surface area contributed by atoms with E-state index in [0.717, 1.165) is 6.42 Å². The molecular formula is C40H52F3N7O2. The molecule has 0 bridgehead atoms. The number of piperazine rings is 1. The van der Waals surface area contributed by atoms with Gasteiger partial charge in [-0.2, -0.15) is 0 Å². The lowest BCUT2D eigenvalue weighted by molar-refractivity contribution is -0.00343. The number of aromatic nitrogens is 3. The second kappa shape index (κ2) is 17.4. The average molecular weight is 720 g/mol. The highest BCUT2D eigenvalue weighted by molar-refractivity contribution is 5.96. The zero-order chi connectivity index (χ0) is 37.5. The van der Waals surface area contributed by atoms with Crippen molar-refractivity contribution in [1.82, 2.24) is 24.8 Å². The van der Waals surface area contributed by atoms with Gasteiger partial charge >= 0.3 is 0 Å². The minimum atomic E-state index is -2.51. The van der Waals surface area contributed by atoms with Gasteiger partial charge in [-0.25, -0.2) is 23.1 Å². The van der Waals surface area contributed by atoms with Crippen molar-refractivity contribution in [2.75, 3.05) is 32.1 Å². The number of alkyl halides is 2. The zero-order valence-corrected chi connectivity index (χ0v) is 31.2. The van der Waals surface area contributed by atoms with Crippen LogP contribution < -0.4 is 20.9 Å². The normalized spacial score (nSPS) is 22.4. The standard InChI is InChI=1S/C38H46F3N7O2.C2H6/c1-6-31(34-23(3)22(2)24(34)4)46-38(47-17-15-43-33(21-47)35(40)41)44-27-10-12-29-32(18-27)45-36(26-8-7-14-42-20-26)48(37(29)49)16-13-25-9-11-28(50-5)19-30(25)39;1-2/h7-12,14,18-20,22-24,31,33-35,43H,6,13,15-17,21H2,1-5H3,(H,44,46);1-2H3/t22?,23-,24-,31+,33+,34?;/m0./s1. The Kier molecular flexibility index (Phi) is 13.0. The van der Waals surface area contributed by atoms with Crippen LogP contribution in [-0.2, 0) is 13.0 Å². The Bertz CT molecular complexity index is 1880. The van der Waals surface area contributed by atoms with Crippen LogP contribution >= 0.6 is 0 Å². The molecule has 9 nitrogen and oxygen atoms in total. The summed E-state index contributed by atoms with van der Waals surface area (Å²) in [6.45, 7) is 14.2. The molecule has 12 heteroatoms. The number of aliphatic imine (C=N–C) groups is 1. The number of nitrogens with zero attached hydrogens (tertiary/aromatic N) is 5. The Hall–Kier alpha value is -4.45. The molecule has 2 aliphatic rings. The summed E-state index contributed by atoms with van der Waals surface area (Å²) in [7, 11) is 1.48. The molecule has 1 saturated carbocycles. The molecule has 2 aromatic carbocycles. The summed E-state index contributed by atoms with van der Waals surface area (Å²) in [5, 5.41) is 6.79. The molecule has 1 saturated heterocycles. The number of halogens is 3. The Labute approximate surface area is 304 Å². The fourth-order valence-corrected chi connectivity index (χ4v) is 7.59. The summed E-state index contributed by atoms with van der Waals surface area (Å²) in [5.41, 5.74) is 1.93. The highest BCUT2D eigenvalue weighted by atomic mass is 19.3. The largest absolute Gasteiger partial charge is 0.497 e. The summed E-state index contributed by atoms with van der Waals surface area (Å²) in [6, 6.07) is 12.6.